The predicted molar refractivity (Wildman–Crippen MR) is 124 cm³/mol. The highest BCUT2D eigenvalue weighted by molar-refractivity contribution is 7.98. The van der Waals surface area contributed by atoms with E-state index >= 15 is 0 Å². The van der Waals surface area contributed by atoms with Gasteiger partial charge in [0.05, 0.1) is 6.26 Å². The topological polar surface area (TPSA) is 46.2 Å². The fraction of sp³-hybridized carbons (Fsp3) is 0.167. The lowest BCUT2D eigenvalue weighted by Gasteiger charge is -2.14. The van der Waals surface area contributed by atoms with Gasteiger partial charge in [0.1, 0.15) is 0 Å². The largest absolute Gasteiger partial charge is 0.284 e. The first-order chi connectivity index (χ1) is 13.9. The molecule has 0 atom stereocenters. The average molecular weight is 422 g/mol. The highest BCUT2D eigenvalue weighted by Crippen LogP contribution is 2.36. The van der Waals surface area contributed by atoms with Gasteiger partial charge < -0.3 is 0 Å². The van der Waals surface area contributed by atoms with Crippen LogP contribution in [0.3, 0.4) is 0 Å². The van der Waals surface area contributed by atoms with E-state index in [-0.39, 0.29) is 0 Å². The van der Waals surface area contributed by atoms with E-state index in [4.69, 9.17) is 0 Å². The first-order valence-corrected chi connectivity index (χ1v) is 12.6. The molecule has 3 aromatic rings. The average Bonchev–Trinajstić information content (AvgIpc) is 2.84. The van der Waals surface area contributed by atoms with Crippen molar-refractivity contribution >= 4 is 39.1 Å². The molecule has 0 amide bonds. The summed E-state index contributed by atoms with van der Waals surface area (Å²) in [5, 5.41) is 0. The Morgan fingerprint density at radius 2 is 1.66 bits per heavy atom. The van der Waals surface area contributed by atoms with E-state index in [9.17, 15) is 8.42 Å². The quantitative estimate of drug-likeness (QED) is 0.569. The van der Waals surface area contributed by atoms with Crippen molar-refractivity contribution in [2.45, 2.75) is 17.7 Å². The van der Waals surface area contributed by atoms with Crippen molar-refractivity contribution in [3.05, 3.63) is 94.5 Å². The summed E-state index contributed by atoms with van der Waals surface area (Å²) in [5.41, 5.74) is 7.89. The third-order valence-corrected chi connectivity index (χ3v) is 6.41. The zero-order chi connectivity index (χ0) is 20.4. The second kappa shape index (κ2) is 8.09. The molecule has 3 aromatic carbocycles. The molecule has 0 aromatic heterocycles. The van der Waals surface area contributed by atoms with Crippen LogP contribution in [-0.2, 0) is 22.9 Å². The molecule has 0 bridgehead atoms. The summed E-state index contributed by atoms with van der Waals surface area (Å²) < 4.78 is 25.8. The normalized spacial score (nSPS) is 14.8. The minimum atomic E-state index is -3.31. The Labute approximate surface area is 176 Å². The lowest BCUT2D eigenvalue weighted by atomic mass is 9.92. The maximum atomic E-state index is 11.6. The molecule has 0 fully saturated rings. The van der Waals surface area contributed by atoms with Gasteiger partial charge >= 0.3 is 0 Å². The summed E-state index contributed by atoms with van der Waals surface area (Å²) in [6.07, 6.45) is 7.44. The zero-order valence-corrected chi connectivity index (χ0v) is 18.1. The Kier molecular flexibility index (Phi) is 5.52. The molecule has 0 saturated heterocycles. The number of anilines is 1. The summed E-state index contributed by atoms with van der Waals surface area (Å²) in [6.45, 7) is 0. The van der Waals surface area contributed by atoms with Crippen molar-refractivity contribution in [3.8, 4) is 0 Å². The van der Waals surface area contributed by atoms with Gasteiger partial charge in [-0.05, 0) is 82.8 Å². The van der Waals surface area contributed by atoms with Gasteiger partial charge in [0.25, 0.3) is 0 Å². The maximum absolute atomic E-state index is 11.6. The van der Waals surface area contributed by atoms with Gasteiger partial charge in [-0.1, -0.05) is 42.5 Å². The minimum Gasteiger partial charge on any atom is -0.284 e. The molecule has 1 aliphatic carbocycles. The van der Waals surface area contributed by atoms with Gasteiger partial charge in [0, 0.05) is 10.6 Å². The number of nitrogens with one attached hydrogen (secondary N) is 1. The molecule has 148 valence electrons. The van der Waals surface area contributed by atoms with Crippen LogP contribution in [0.5, 0.6) is 0 Å². The van der Waals surface area contributed by atoms with E-state index in [1.807, 2.05) is 18.2 Å². The van der Waals surface area contributed by atoms with Gasteiger partial charge in [0.2, 0.25) is 10.0 Å². The molecule has 5 heteroatoms. The van der Waals surface area contributed by atoms with Gasteiger partial charge in [-0.2, -0.15) is 0 Å². The number of rotatable bonds is 4. The Bertz CT molecular complexity index is 1200. The molecule has 1 aliphatic rings. The molecule has 0 radical (unpaired) electrons. The van der Waals surface area contributed by atoms with Gasteiger partial charge in [0.15, 0.2) is 0 Å². The van der Waals surface area contributed by atoms with E-state index in [1.165, 1.54) is 39.0 Å². The van der Waals surface area contributed by atoms with E-state index < -0.39 is 10.0 Å². The number of sulfonamides is 1. The fourth-order valence-electron chi connectivity index (χ4n) is 3.79. The molecular weight excluding hydrogens is 398 g/mol. The number of hydrogen-bond acceptors (Lipinski definition) is 3. The third-order valence-electron chi connectivity index (χ3n) is 5.08. The van der Waals surface area contributed by atoms with Crippen molar-refractivity contribution < 1.29 is 8.42 Å². The van der Waals surface area contributed by atoms with Gasteiger partial charge in [-0.3, -0.25) is 4.72 Å². The van der Waals surface area contributed by atoms with Crippen LogP contribution in [-0.4, -0.2) is 20.9 Å². The van der Waals surface area contributed by atoms with Crippen LogP contribution >= 0.6 is 11.8 Å². The summed E-state index contributed by atoms with van der Waals surface area (Å²) in [7, 11) is -3.31. The molecule has 0 saturated carbocycles. The summed E-state index contributed by atoms with van der Waals surface area (Å²) in [4.78, 5) is 1.24. The fourth-order valence-corrected chi connectivity index (χ4v) is 4.79. The van der Waals surface area contributed by atoms with Crippen molar-refractivity contribution in [3.63, 3.8) is 0 Å². The number of aryl methyl sites for hydroxylation is 2. The standard InChI is InChI=1S/C24H23NO2S2/c1-28-21-13-12-19-11-10-18-7-3-4-9-22(18)24(23(19)16-21)15-17-6-5-8-20(14-17)25-29(2,26)27/h3-9,12-16,25H,10-11H2,1-2H3. The lowest BCUT2D eigenvalue weighted by molar-refractivity contribution is 0.607. The van der Waals surface area contributed by atoms with E-state index in [2.05, 4.69) is 59.5 Å². The molecule has 0 unspecified atom stereocenters. The first-order valence-electron chi connectivity index (χ1n) is 9.48. The Hall–Kier alpha value is -2.50. The third kappa shape index (κ3) is 4.57. The smallest absolute Gasteiger partial charge is 0.229 e. The van der Waals surface area contributed by atoms with Crippen molar-refractivity contribution in [1.82, 2.24) is 0 Å². The maximum Gasteiger partial charge on any atom is 0.229 e. The molecule has 0 heterocycles. The molecule has 0 aliphatic heterocycles. The molecule has 3 nitrogen and oxygen atoms in total. The highest BCUT2D eigenvalue weighted by Gasteiger charge is 2.18. The Balaban J connectivity index is 1.89. The minimum absolute atomic E-state index is 0.571. The van der Waals surface area contributed by atoms with E-state index in [1.54, 1.807) is 17.8 Å². The van der Waals surface area contributed by atoms with Gasteiger partial charge in [-0.15, -0.1) is 11.8 Å². The SMILES string of the molecule is CSc1ccc2c(c1)C(=Cc1cccc(NS(C)(=O)=O)c1)c1ccccc1CC2. The van der Waals surface area contributed by atoms with Gasteiger partial charge in [-0.25, -0.2) is 8.42 Å². The molecule has 4 rings (SSSR count). The van der Waals surface area contributed by atoms with Crippen LogP contribution in [0, 0.1) is 0 Å². The zero-order valence-electron chi connectivity index (χ0n) is 16.5. The van der Waals surface area contributed by atoms with Crippen LogP contribution in [0.2, 0.25) is 0 Å². The number of benzene rings is 3. The van der Waals surface area contributed by atoms with Crippen molar-refractivity contribution in [1.29, 1.82) is 0 Å². The molecule has 1 N–H and O–H groups in total. The Morgan fingerprint density at radius 3 is 2.41 bits per heavy atom. The number of fused-ring (bicyclic) bond motifs is 2. The second-order valence-electron chi connectivity index (χ2n) is 7.24. The summed E-state index contributed by atoms with van der Waals surface area (Å²) >= 11 is 1.74. The molecule has 0 spiro atoms. The summed E-state index contributed by atoms with van der Waals surface area (Å²) in [6, 6.07) is 22.8. The van der Waals surface area contributed by atoms with Crippen LogP contribution < -0.4 is 4.72 Å². The predicted octanol–water partition coefficient (Wildman–Crippen LogP) is 5.47. The van der Waals surface area contributed by atoms with Crippen LogP contribution in [0.25, 0.3) is 11.6 Å². The Morgan fingerprint density at radius 1 is 0.897 bits per heavy atom. The molecular formula is C24H23NO2S2. The lowest BCUT2D eigenvalue weighted by Crippen LogP contribution is -2.09. The van der Waals surface area contributed by atoms with Crippen LogP contribution in [0.4, 0.5) is 5.69 Å². The highest BCUT2D eigenvalue weighted by atomic mass is 32.2. The molecule has 29 heavy (non-hydrogen) atoms. The van der Waals surface area contributed by atoms with Crippen LogP contribution in [0.15, 0.2) is 71.6 Å². The van der Waals surface area contributed by atoms with Crippen LogP contribution in [0.1, 0.15) is 27.8 Å². The van der Waals surface area contributed by atoms with E-state index in [0.717, 1.165) is 18.4 Å². The van der Waals surface area contributed by atoms with Crippen molar-refractivity contribution in [2.75, 3.05) is 17.2 Å². The second-order valence-corrected chi connectivity index (χ2v) is 9.87. The number of thioether (sulfide) groups is 1. The first kappa shape index (κ1) is 19.8. The van der Waals surface area contributed by atoms with Crippen molar-refractivity contribution in [2.24, 2.45) is 0 Å². The number of hydrogen-bond donors (Lipinski definition) is 1. The van der Waals surface area contributed by atoms with E-state index in [0.29, 0.717) is 5.69 Å². The monoisotopic (exact) mass is 421 g/mol. The summed E-state index contributed by atoms with van der Waals surface area (Å²) in [5.74, 6) is 0.